The molecule has 3 aromatic rings. The zero-order valence-electron chi connectivity index (χ0n) is 18.2. The molecular weight excluding hydrogens is 448 g/mol. The van der Waals surface area contributed by atoms with Crippen molar-refractivity contribution in [2.75, 3.05) is 11.9 Å². The second-order valence-corrected chi connectivity index (χ2v) is 8.96. The monoisotopic (exact) mass is 468 g/mol. The second kappa shape index (κ2) is 8.32. The summed E-state index contributed by atoms with van der Waals surface area (Å²) in [7, 11) is 0. The summed E-state index contributed by atoms with van der Waals surface area (Å²) in [6, 6.07) is 9.38. The van der Waals surface area contributed by atoms with E-state index in [0.717, 1.165) is 0 Å². The third kappa shape index (κ3) is 4.58. The van der Waals surface area contributed by atoms with Crippen molar-refractivity contribution >= 4 is 46.0 Å². The molecule has 33 heavy (non-hydrogen) atoms. The summed E-state index contributed by atoms with van der Waals surface area (Å²) < 4.78 is 6.38. The molecule has 10 heteroatoms. The van der Waals surface area contributed by atoms with Gasteiger partial charge < -0.3 is 15.4 Å². The average molecular weight is 469 g/mol. The van der Waals surface area contributed by atoms with Gasteiger partial charge in [-0.25, -0.2) is 9.78 Å². The van der Waals surface area contributed by atoms with Gasteiger partial charge in [0.1, 0.15) is 5.60 Å². The largest absolute Gasteiger partial charge is 0.444 e. The number of benzene rings is 2. The Labute approximate surface area is 193 Å². The Morgan fingerprint density at radius 3 is 2.61 bits per heavy atom. The van der Waals surface area contributed by atoms with Crippen LogP contribution in [0.2, 0.25) is 5.02 Å². The summed E-state index contributed by atoms with van der Waals surface area (Å²) in [5.74, 6) is -0.786. The second-order valence-electron chi connectivity index (χ2n) is 8.53. The minimum atomic E-state index is -0.629. The number of hydrogen-bond acceptors (Lipinski definition) is 6. The van der Waals surface area contributed by atoms with Gasteiger partial charge in [0.05, 0.1) is 22.2 Å². The summed E-state index contributed by atoms with van der Waals surface area (Å²) in [6.45, 7) is 5.32. The number of hydrogen-bond donors (Lipinski definition) is 2. The maximum atomic E-state index is 13.0. The van der Waals surface area contributed by atoms with Gasteiger partial charge in [-0.05, 0) is 57.2 Å². The number of halogens is 1. The molecule has 1 aliphatic heterocycles. The van der Waals surface area contributed by atoms with Gasteiger partial charge in [-0.15, -0.1) is 0 Å². The fourth-order valence-corrected chi connectivity index (χ4v) is 3.63. The van der Waals surface area contributed by atoms with Crippen LogP contribution in [-0.2, 0) is 9.53 Å². The Morgan fingerprint density at radius 2 is 1.88 bits per heavy atom. The third-order valence-electron chi connectivity index (χ3n) is 4.82. The van der Waals surface area contributed by atoms with E-state index in [1.807, 2.05) is 0 Å². The molecule has 0 bridgehead atoms. The highest BCUT2D eigenvalue weighted by Crippen LogP contribution is 2.29. The first-order valence-electron chi connectivity index (χ1n) is 10.2. The lowest BCUT2D eigenvalue weighted by Crippen LogP contribution is -2.34. The molecule has 0 aliphatic carbocycles. The standard InChI is InChI=1S/C23H21ClN4O5/c1-23(2,3)33-22(32)25-9-8-18(29)26-13-5-7-17-15(11-13)19(30)20-27-16-10-12(24)4-6-14(16)21(31)28(17)20/h4-7,10-11H,8-9H2,1-3H3,(H,25,32)(H,26,29). The van der Waals surface area contributed by atoms with Gasteiger partial charge in [0, 0.05) is 23.7 Å². The molecule has 1 aromatic heterocycles. The van der Waals surface area contributed by atoms with Crippen molar-refractivity contribution in [3.05, 3.63) is 63.2 Å². The fourth-order valence-electron chi connectivity index (χ4n) is 3.46. The molecule has 0 atom stereocenters. The van der Waals surface area contributed by atoms with E-state index in [-0.39, 0.29) is 35.8 Å². The first kappa shape index (κ1) is 22.5. The van der Waals surface area contributed by atoms with Crippen LogP contribution in [0.1, 0.15) is 43.4 Å². The number of aromatic nitrogens is 2. The molecule has 0 saturated carbocycles. The quantitative estimate of drug-likeness (QED) is 0.473. The molecular formula is C23H21ClN4O5. The number of fused-ring (bicyclic) bond motifs is 4. The SMILES string of the molecule is CC(C)(C)OC(=O)NCCC(=O)Nc1ccc2c(c1)C(=O)c1nc3cc(Cl)ccc3c(=O)n1-2. The van der Waals surface area contributed by atoms with E-state index in [0.29, 0.717) is 27.3 Å². The minimum Gasteiger partial charge on any atom is -0.444 e. The molecule has 0 unspecified atom stereocenters. The molecule has 4 rings (SSSR count). The van der Waals surface area contributed by atoms with Crippen LogP contribution in [0.4, 0.5) is 10.5 Å². The lowest BCUT2D eigenvalue weighted by Gasteiger charge is -2.19. The number of amides is 2. The Balaban J connectivity index is 1.50. The molecule has 170 valence electrons. The van der Waals surface area contributed by atoms with E-state index in [2.05, 4.69) is 15.6 Å². The van der Waals surface area contributed by atoms with E-state index < -0.39 is 17.5 Å². The normalized spacial score (nSPS) is 12.3. The topological polar surface area (TPSA) is 119 Å². The molecule has 2 N–H and O–H groups in total. The van der Waals surface area contributed by atoms with Crippen LogP contribution in [-0.4, -0.2) is 39.5 Å². The van der Waals surface area contributed by atoms with E-state index in [1.165, 1.54) is 16.7 Å². The van der Waals surface area contributed by atoms with Gasteiger partial charge in [-0.1, -0.05) is 11.6 Å². The number of nitrogens with zero attached hydrogens (tertiary/aromatic N) is 2. The van der Waals surface area contributed by atoms with Crippen LogP contribution in [0.15, 0.2) is 41.2 Å². The molecule has 0 saturated heterocycles. The summed E-state index contributed by atoms with van der Waals surface area (Å²) >= 11 is 5.99. The van der Waals surface area contributed by atoms with Gasteiger partial charge in [0.2, 0.25) is 11.7 Å². The maximum absolute atomic E-state index is 13.0. The smallest absolute Gasteiger partial charge is 0.407 e. The summed E-state index contributed by atoms with van der Waals surface area (Å²) in [5, 5.41) is 5.95. The van der Waals surface area contributed by atoms with Crippen molar-refractivity contribution in [3.8, 4) is 5.69 Å². The molecule has 9 nitrogen and oxygen atoms in total. The Bertz CT molecular complexity index is 1370. The molecule has 1 aliphatic rings. The fraction of sp³-hybridized carbons (Fsp3) is 0.261. The van der Waals surface area contributed by atoms with E-state index in [1.54, 1.807) is 45.0 Å². The number of nitrogens with one attached hydrogen (secondary N) is 2. The van der Waals surface area contributed by atoms with Crippen LogP contribution < -0.4 is 16.2 Å². The first-order chi connectivity index (χ1) is 15.5. The Hall–Kier alpha value is -3.72. The number of alkyl carbamates (subject to hydrolysis) is 1. The van der Waals surface area contributed by atoms with Crippen molar-refractivity contribution in [1.29, 1.82) is 0 Å². The van der Waals surface area contributed by atoms with Gasteiger partial charge in [0.15, 0.2) is 5.82 Å². The van der Waals surface area contributed by atoms with E-state index in [9.17, 15) is 19.2 Å². The molecule has 0 radical (unpaired) electrons. The van der Waals surface area contributed by atoms with E-state index in [4.69, 9.17) is 16.3 Å². The van der Waals surface area contributed by atoms with Crippen LogP contribution in [0, 0.1) is 0 Å². The Kier molecular flexibility index (Phi) is 5.67. The third-order valence-corrected chi connectivity index (χ3v) is 5.06. The Morgan fingerprint density at radius 1 is 1.12 bits per heavy atom. The number of carbonyl (C=O) groups is 3. The maximum Gasteiger partial charge on any atom is 0.407 e. The van der Waals surface area contributed by atoms with Crippen molar-refractivity contribution < 1.29 is 19.1 Å². The highest BCUT2D eigenvalue weighted by Gasteiger charge is 2.30. The van der Waals surface area contributed by atoms with Gasteiger partial charge in [-0.2, -0.15) is 0 Å². The highest BCUT2D eigenvalue weighted by molar-refractivity contribution is 6.31. The number of anilines is 1. The zero-order chi connectivity index (χ0) is 23.9. The number of ketones is 1. The molecule has 0 fully saturated rings. The lowest BCUT2D eigenvalue weighted by molar-refractivity contribution is -0.116. The van der Waals surface area contributed by atoms with Crippen LogP contribution in [0.3, 0.4) is 0 Å². The van der Waals surface area contributed by atoms with Crippen molar-refractivity contribution in [2.45, 2.75) is 32.8 Å². The summed E-state index contributed by atoms with van der Waals surface area (Å²) in [5.41, 5.74) is 0.377. The summed E-state index contributed by atoms with van der Waals surface area (Å²) in [6.07, 6.45) is -0.597. The molecule has 2 amide bonds. The summed E-state index contributed by atoms with van der Waals surface area (Å²) in [4.78, 5) is 54.2. The van der Waals surface area contributed by atoms with Crippen LogP contribution in [0.25, 0.3) is 16.6 Å². The zero-order valence-corrected chi connectivity index (χ0v) is 18.9. The number of rotatable bonds is 4. The number of carbonyl (C=O) groups excluding carboxylic acids is 3. The molecule has 0 spiro atoms. The van der Waals surface area contributed by atoms with Crippen LogP contribution in [0.5, 0.6) is 0 Å². The van der Waals surface area contributed by atoms with Crippen molar-refractivity contribution in [3.63, 3.8) is 0 Å². The van der Waals surface area contributed by atoms with Crippen molar-refractivity contribution in [2.24, 2.45) is 0 Å². The lowest BCUT2D eigenvalue weighted by atomic mass is 10.1. The number of ether oxygens (including phenoxy) is 1. The van der Waals surface area contributed by atoms with Crippen LogP contribution >= 0.6 is 11.6 Å². The highest BCUT2D eigenvalue weighted by atomic mass is 35.5. The van der Waals surface area contributed by atoms with E-state index >= 15 is 0 Å². The minimum absolute atomic E-state index is 0.00481. The van der Waals surface area contributed by atoms with Gasteiger partial charge in [0.25, 0.3) is 5.56 Å². The predicted octanol–water partition coefficient (Wildman–Crippen LogP) is 3.44. The average Bonchev–Trinajstić information content (AvgIpc) is 2.98. The first-order valence-corrected chi connectivity index (χ1v) is 10.6. The molecule has 2 heterocycles. The van der Waals surface area contributed by atoms with Crippen molar-refractivity contribution in [1.82, 2.24) is 14.9 Å². The van der Waals surface area contributed by atoms with Gasteiger partial charge in [-0.3, -0.25) is 19.0 Å². The predicted molar refractivity (Wildman–Crippen MR) is 123 cm³/mol. The van der Waals surface area contributed by atoms with Gasteiger partial charge >= 0.3 is 6.09 Å². The molecule has 2 aromatic carbocycles.